The summed E-state index contributed by atoms with van der Waals surface area (Å²) in [5, 5.41) is 6.39. The van der Waals surface area contributed by atoms with E-state index in [0.29, 0.717) is 31.1 Å². The molecule has 0 aromatic rings. The fraction of sp³-hybridized carbons (Fsp3) is 0.929. The smallest absolute Gasteiger partial charge is 0.222 e. The van der Waals surface area contributed by atoms with E-state index in [1.807, 2.05) is 0 Å². The Kier molecular flexibility index (Phi) is 5.45. The Morgan fingerprint density at radius 3 is 2.67 bits per heavy atom. The molecule has 2 rings (SSSR count). The molecular formula is C14H26N2O2. The van der Waals surface area contributed by atoms with Crippen molar-refractivity contribution in [1.82, 2.24) is 10.6 Å². The molecule has 1 atom stereocenters. The van der Waals surface area contributed by atoms with Gasteiger partial charge in [0, 0.05) is 12.5 Å². The minimum Gasteiger partial charge on any atom is -0.378 e. The van der Waals surface area contributed by atoms with Crippen molar-refractivity contribution in [2.45, 2.75) is 57.6 Å². The molecule has 2 N–H and O–H groups in total. The highest BCUT2D eigenvalue weighted by Gasteiger charge is 2.24. The molecule has 4 nitrogen and oxygen atoms in total. The van der Waals surface area contributed by atoms with Gasteiger partial charge in [0.05, 0.1) is 12.7 Å². The Morgan fingerprint density at radius 2 is 2.06 bits per heavy atom. The van der Waals surface area contributed by atoms with Gasteiger partial charge in [0.15, 0.2) is 0 Å². The molecule has 104 valence electrons. The summed E-state index contributed by atoms with van der Waals surface area (Å²) in [5.41, 5.74) is 0. The maximum Gasteiger partial charge on any atom is 0.222 e. The van der Waals surface area contributed by atoms with E-state index in [2.05, 4.69) is 17.6 Å². The van der Waals surface area contributed by atoms with Crippen LogP contribution in [0.3, 0.4) is 0 Å². The summed E-state index contributed by atoms with van der Waals surface area (Å²) in [6, 6.07) is 0.338. The van der Waals surface area contributed by atoms with E-state index in [-0.39, 0.29) is 5.91 Å². The van der Waals surface area contributed by atoms with Gasteiger partial charge in [-0.2, -0.15) is 0 Å². The third-order valence-corrected chi connectivity index (χ3v) is 4.21. The zero-order valence-corrected chi connectivity index (χ0v) is 11.4. The van der Waals surface area contributed by atoms with Gasteiger partial charge in [-0.3, -0.25) is 4.79 Å². The quantitative estimate of drug-likeness (QED) is 0.754. The molecule has 1 unspecified atom stereocenters. The van der Waals surface area contributed by atoms with Crippen molar-refractivity contribution in [3.8, 4) is 0 Å². The van der Waals surface area contributed by atoms with Crippen LogP contribution in [-0.4, -0.2) is 37.7 Å². The summed E-state index contributed by atoms with van der Waals surface area (Å²) in [7, 11) is 0. The molecule has 1 heterocycles. The van der Waals surface area contributed by atoms with Crippen LogP contribution in [0.4, 0.5) is 0 Å². The van der Waals surface area contributed by atoms with Crippen LogP contribution in [0.25, 0.3) is 0 Å². The Morgan fingerprint density at radius 1 is 1.33 bits per heavy atom. The predicted molar refractivity (Wildman–Crippen MR) is 71.4 cm³/mol. The molecule has 0 aromatic heterocycles. The van der Waals surface area contributed by atoms with Gasteiger partial charge in [-0.25, -0.2) is 0 Å². The summed E-state index contributed by atoms with van der Waals surface area (Å²) < 4.78 is 5.74. The summed E-state index contributed by atoms with van der Waals surface area (Å²) in [6.45, 7) is 4.76. The van der Waals surface area contributed by atoms with Crippen LogP contribution in [0.5, 0.6) is 0 Å². The topological polar surface area (TPSA) is 50.4 Å². The number of ether oxygens (including phenoxy) is 1. The monoisotopic (exact) mass is 254 g/mol. The average molecular weight is 254 g/mol. The molecule has 2 aliphatic rings. The van der Waals surface area contributed by atoms with Crippen LogP contribution in [0.2, 0.25) is 0 Å². The number of carbonyl (C=O) groups excluding carboxylic acids is 1. The number of nitrogens with one attached hydrogen (secondary N) is 2. The molecule has 1 saturated carbocycles. The molecule has 0 bridgehead atoms. The molecule has 1 amide bonds. The largest absolute Gasteiger partial charge is 0.378 e. The number of hydrogen-bond donors (Lipinski definition) is 2. The Bertz CT molecular complexity index is 261. The lowest BCUT2D eigenvalue weighted by Crippen LogP contribution is -2.41. The van der Waals surface area contributed by atoms with E-state index >= 15 is 0 Å². The van der Waals surface area contributed by atoms with Gasteiger partial charge >= 0.3 is 0 Å². The zero-order chi connectivity index (χ0) is 12.8. The standard InChI is InChI=1S/C14H26N2O2/c1-11(12-3-2-4-12)16-14(17)7-10-18-13-5-8-15-9-6-13/h11-13,15H,2-10H2,1H3,(H,16,17). The highest BCUT2D eigenvalue weighted by molar-refractivity contribution is 5.76. The van der Waals surface area contributed by atoms with E-state index in [4.69, 9.17) is 4.74 Å². The summed E-state index contributed by atoms with van der Waals surface area (Å²) in [6.07, 6.45) is 6.85. The molecule has 1 aliphatic carbocycles. The van der Waals surface area contributed by atoms with Gasteiger partial charge in [0.25, 0.3) is 0 Å². The average Bonchev–Trinajstić information content (AvgIpc) is 2.27. The van der Waals surface area contributed by atoms with Crippen molar-refractivity contribution in [3.63, 3.8) is 0 Å². The first-order chi connectivity index (χ1) is 8.75. The summed E-state index contributed by atoms with van der Waals surface area (Å²) in [5.74, 6) is 0.850. The van der Waals surface area contributed by atoms with Crippen LogP contribution >= 0.6 is 0 Å². The number of amides is 1. The van der Waals surface area contributed by atoms with E-state index < -0.39 is 0 Å². The van der Waals surface area contributed by atoms with Gasteiger partial charge in [0.2, 0.25) is 5.91 Å². The molecule has 0 aromatic carbocycles. The Hall–Kier alpha value is -0.610. The highest BCUT2D eigenvalue weighted by Crippen LogP contribution is 2.29. The second-order valence-electron chi connectivity index (χ2n) is 5.62. The maximum atomic E-state index is 11.7. The lowest BCUT2D eigenvalue weighted by molar-refractivity contribution is -0.123. The Balaban J connectivity index is 1.53. The molecule has 4 heteroatoms. The molecule has 0 spiro atoms. The molecule has 0 radical (unpaired) electrons. The molecule has 1 aliphatic heterocycles. The number of hydrogen-bond acceptors (Lipinski definition) is 3. The number of rotatable bonds is 6. The molecule has 1 saturated heterocycles. The lowest BCUT2D eigenvalue weighted by Gasteiger charge is -2.32. The van der Waals surface area contributed by atoms with Crippen molar-refractivity contribution in [2.75, 3.05) is 19.7 Å². The van der Waals surface area contributed by atoms with Gasteiger partial charge < -0.3 is 15.4 Å². The third-order valence-electron chi connectivity index (χ3n) is 4.21. The minimum atomic E-state index is 0.142. The van der Waals surface area contributed by atoms with E-state index in [9.17, 15) is 4.79 Å². The normalized spacial score (nSPS) is 23.4. The second-order valence-corrected chi connectivity index (χ2v) is 5.62. The van der Waals surface area contributed by atoms with Crippen LogP contribution in [0.1, 0.15) is 45.4 Å². The van der Waals surface area contributed by atoms with Gasteiger partial charge in [-0.15, -0.1) is 0 Å². The first kappa shape index (κ1) is 13.8. The van der Waals surface area contributed by atoms with Crippen molar-refractivity contribution in [1.29, 1.82) is 0 Å². The van der Waals surface area contributed by atoms with Crippen molar-refractivity contribution >= 4 is 5.91 Å². The predicted octanol–water partition coefficient (Wildman–Crippen LogP) is 1.45. The van der Waals surface area contributed by atoms with Crippen LogP contribution < -0.4 is 10.6 Å². The van der Waals surface area contributed by atoms with Crippen LogP contribution in [0, 0.1) is 5.92 Å². The Labute approximate surface area is 110 Å². The van der Waals surface area contributed by atoms with Gasteiger partial charge in [0.1, 0.15) is 0 Å². The van der Waals surface area contributed by atoms with Crippen molar-refractivity contribution < 1.29 is 9.53 Å². The number of piperidine rings is 1. The molecule has 18 heavy (non-hydrogen) atoms. The molecule has 2 fully saturated rings. The fourth-order valence-corrected chi connectivity index (χ4v) is 2.66. The van der Waals surface area contributed by atoms with Gasteiger partial charge in [-0.1, -0.05) is 6.42 Å². The second kappa shape index (κ2) is 7.10. The van der Waals surface area contributed by atoms with Crippen LogP contribution in [-0.2, 0) is 9.53 Å². The van der Waals surface area contributed by atoms with Crippen molar-refractivity contribution in [2.24, 2.45) is 5.92 Å². The third kappa shape index (κ3) is 4.25. The summed E-state index contributed by atoms with van der Waals surface area (Å²) >= 11 is 0. The van der Waals surface area contributed by atoms with Crippen LogP contribution in [0.15, 0.2) is 0 Å². The van der Waals surface area contributed by atoms with E-state index in [1.54, 1.807) is 0 Å². The van der Waals surface area contributed by atoms with E-state index in [1.165, 1.54) is 19.3 Å². The number of carbonyl (C=O) groups is 1. The lowest BCUT2D eigenvalue weighted by atomic mass is 9.80. The van der Waals surface area contributed by atoms with Crippen molar-refractivity contribution in [3.05, 3.63) is 0 Å². The van der Waals surface area contributed by atoms with Gasteiger partial charge in [-0.05, 0) is 51.6 Å². The first-order valence-corrected chi connectivity index (χ1v) is 7.37. The molecular weight excluding hydrogens is 228 g/mol. The summed E-state index contributed by atoms with van der Waals surface area (Å²) in [4.78, 5) is 11.7. The fourth-order valence-electron chi connectivity index (χ4n) is 2.66. The van der Waals surface area contributed by atoms with E-state index in [0.717, 1.165) is 25.9 Å². The minimum absolute atomic E-state index is 0.142. The SMILES string of the molecule is CC(NC(=O)CCOC1CCNCC1)C1CCC1. The first-order valence-electron chi connectivity index (χ1n) is 7.37. The zero-order valence-electron chi connectivity index (χ0n) is 11.4. The highest BCUT2D eigenvalue weighted by atomic mass is 16.5. The maximum absolute atomic E-state index is 11.7.